The number of hydrogen-bond acceptors (Lipinski definition) is 7. The average Bonchev–Trinajstić information content (AvgIpc) is 3.54. The smallest absolute Gasteiger partial charge is 0.245 e. The lowest BCUT2D eigenvalue weighted by Gasteiger charge is -2.23. The van der Waals surface area contributed by atoms with E-state index in [0.717, 1.165) is 0 Å². The van der Waals surface area contributed by atoms with Crippen molar-refractivity contribution in [3.05, 3.63) is 70.1 Å². The summed E-state index contributed by atoms with van der Waals surface area (Å²) in [7, 11) is 0. The van der Waals surface area contributed by atoms with E-state index in [2.05, 4.69) is 57.8 Å². The van der Waals surface area contributed by atoms with Gasteiger partial charge in [0, 0.05) is 35.1 Å². The van der Waals surface area contributed by atoms with Gasteiger partial charge < -0.3 is 10.6 Å². The van der Waals surface area contributed by atoms with Gasteiger partial charge in [-0.3, -0.25) is 9.67 Å². The molecule has 8 nitrogen and oxygen atoms in total. The maximum Gasteiger partial charge on any atom is 0.245 e. The molecule has 1 fully saturated rings. The molecule has 0 saturated heterocycles. The lowest BCUT2D eigenvalue weighted by molar-refractivity contribution is 0.0487. The summed E-state index contributed by atoms with van der Waals surface area (Å²) in [6.45, 7) is 8.58. The standard InChI is InChI=1S/C29H30ClF3N8/c1-16-19(5-6-23(31)37-16)26(22-13-41(40-39-22)15-29(7-8-29)27(32)33)38-18-9-20-24(36-14-28(2,3)4)17(11-34)12-35-25(20)21(30)10-18/h5-6,9-10,12-13,26-27,38H,7-8,14-15H2,1-4H3,(H,35,36)/t26-/m0/s1. The van der Waals surface area contributed by atoms with E-state index in [1.54, 1.807) is 25.3 Å². The third-order valence-corrected chi connectivity index (χ3v) is 7.53. The summed E-state index contributed by atoms with van der Waals surface area (Å²) in [6.07, 6.45) is 1.54. The van der Waals surface area contributed by atoms with Crippen molar-refractivity contribution in [2.75, 3.05) is 17.2 Å². The zero-order chi connectivity index (χ0) is 29.5. The Balaban J connectivity index is 1.56. The summed E-state index contributed by atoms with van der Waals surface area (Å²) in [5, 5.41) is 26.0. The summed E-state index contributed by atoms with van der Waals surface area (Å²) >= 11 is 6.68. The Morgan fingerprint density at radius 1 is 1.22 bits per heavy atom. The van der Waals surface area contributed by atoms with Crippen LogP contribution in [0.4, 0.5) is 24.5 Å². The van der Waals surface area contributed by atoms with E-state index in [1.807, 2.05) is 6.07 Å². The molecule has 0 radical (unpaired) electrons. The molecular weight excluding hydrogens is 553 g/mol. The number of aromatic nitrogens is 5. The number of pyridine rings is 2. The predicted octanol–water partition coefficient (Wildman–Crippen LogP) is 6.90. The molecule has 0 amide bonds. The minimum Gasteiger partial charge on any atom is -0.383 e. The van der Waals surface area contributed by atoms with Gasteiger partial charge in [-0.15, -0.1) is 5.10 Å². The van der Waals surface area contributed by atoms with Crippen molar-refractivity contribution in [1.82, 2.24) is 25.0 Å². The van der Waals surface area contributed by atoms with Crippen LogP contribution in [0, 0.1) is 35.0 Å². The number of fused-ring (bicyclic) bond motifs is 1. The van der Waals surface area contributed by atoms with Crippen LogP contribution < -0.4 is 10.6 Å². The van der Waals surface area contributed by atoms with Gasteiger partial charge in [-0.05, 0) is 43.4 Å². The fourth-order valence-corrected chi connectivity index (χ4v) is 5.02. The van der Waals surface area contributed by atoms with Gasteiger partial charge in [0.2, 0.25) is 12.4 Å². The molecule has 5 rings (SSSR count). The first-order chi connectivity index (χ1) is 19.4. The van der Waals surface area contributed by atoms with E-state index in [0.29, 0.717) is 69.2 Å². The van der Waals surface area contributed by atoms with Crippen molar-refractivity contribution in [3.63, 3.8) is 0 Å². The molecule has 12 heteroatoms. The Hall–Kier alpha value is -3.91. The monoisotopic (exact) mass is 582 g/mol. The minimum atomic E-state index is -2.44. The quantitative estimate of drug-likeness (QED) is 0.207. The molecule has 0 aliphatic heterocycles. The molecule has 1 aliphatic carbocycles. The van der Waals surface area contributed by atoms with E-state index < -0.39 is 23.8 Å². The second kappa shape index (κ2) is 10.8. The molecule has 214 valence electrons. The van der Waals surface area contributed by atoms with Crippen LogP contribution in [-0.4, -0.2) is 37.9 Å². The van der Waals surface area contributed by atoms with Gasteiger partial charge >= 0.3 is 0 Å². The molecule has 0 bridgehead atoms. The average molecular weight is 583 g/mol. The van der Waals surface area contributed by atoms with Crippen molar-refractivity contribution in [1.29, 1.82) is 5.26 Å². The number of nitrogens with zero attached hydrogens (tertiary/aromatic N) is 6. The Morgan fingerprint density at radius 3 is 2.61 bits per heavy atom. The first-order valence-electron chi connectivity index (χ1n) is 13.2. The van der Waals surface area contributed by atoms with E-state index in [-0.39, 0.29) is 12.0 Å². The molecule has 1 aliphatic rings. The fraction of sp³-hybridized carbons (Fsp3) is 0.414. The van der Waals surface area contributed by atoms with Crippen molar-refractivity contribution in [2.45, 2.75) is 59.5 Å². The number of aryl methyl sites for hydroxylation is 1. The van der Waals surface area contributed by atoms with Crippen LogP contribution in [0.25, 0.3) is 10.9 Å². The second-order valence-electron chi connectivity index (χ2n) is 11.8. The first-order valence-corrected chi connectivity index (χ1v) is 13.6. The van der Waals surface area contributed by atoms with E-state index in [9.17, 15) is 18.4 Å². The van der Waals surface area contributed by atoms with Crippen LogP contribution in [0.5, 0.6) is 0 Å². The molecule has 1 saturated carbocycles. The van der Waals surface area contributed by atoms with Crippen molar-refractivity contribution >= 4 is 33.9 Å². The summed E-state index contributed by atoms with van der Waals surface area (Å²) in [6, 6.07) is 7.93. The summed E-state index contributed by atoms with van der Waals surface area (Å²) in [5.41, 5.74) is 2.45. The van der Waals surface area contributed by atoms with Crippen molar-refractivity contribution < 1.29 is 13.2 Å². The number of hydrogen-bond donors (Lipinski definition) is 2. The molecular formula is C29H30ClF3N8. The Kier molecular flexibility index (Phi) is 7.55. The Morgan fingerprint density at radius 2 is 1.98 bits per heavy atom. The molecule has 3 aromatic heterocycles. The van der Waals surface area contributed by atoms with Crippen molar-refractivity contribution in [3.8, 4) is 6.07 Å². The number of alkyl halides is 2. The zero-order valence-electron chi connectivity index (χ0n) is 23.1. The molecule has 41 heavy (non-hydrogen) atoms. The van der Waals surface area contributed by atoms with Crippen LogP contribution in [0.15, 0.2) is 36.7 Å². The summed E-state index contributed by atoms with van der Waals surface area (Å²) < 4.78 is 42.5. The fourth-order valence-electron chi connectivity index (χ4n) is 4.75. The number of halogens is 4. The first kappa shape index (κ1) is 28.6. The number of nitriles is 1. The van der Waals surface area contributed by atoms with Gasteiger partial charge in [0.05, 0.1) is 46.0 Å². The van der Waals surface area contributed by atoms with Crippen LogP contribution >= 0.6 is 11.6 Å². The van der Waals surface area contributed by atoms with E-state index in [4.69, 9.17) is 11.6 Å². The number of benzene rings is 1. The topological polar surface area (TPSA) is 104 Å². The van der Waals surface area contributed by atoms with E-state index >= 15 is 0 Å². The number of rotatable bonds is 9. The van der Waals surface area contributed by atoms with Gasteiger partial charge in [-0.1, -0.05) is 43.7 Å². The Labute approximate surface area is 240 Å². The highest BCUT2D eigenvalue weighted by molar-refractivity contribution is 6.35. The maximum absolute atomic E-state index is 13.9. The summed E-state index contributed by atoms with van der Waals surface area (Å²) in [5.74, 6) is -0.625. The minimum absolute atomic E-state index is 0.0538. The van der Waals surface area contributed by atoms with E-state index in [1.165, 1.54) is 16.9 Å². The van der Waals surface area contributed by atoms with Crippen LogP contribution in [0.1, 0.15) is 62.2 Å². The zero-order valence-corrected chi connectivity index (χ0v) is 23.9. The van der Waals surface area contributed by atoms with Crippen LogP contribution in [-0.2, 0) is 6.54 Å². The molecule has 1 aromatic carbocycles. The Bertz CT molecular complexity index is 1640. The second-order valence-corrected chi connectivity index (χ2v) is 12.2. The third-order valence-electron chi connectivity index (χ3n) is 7.24. The van der Waals surface area contributed by atoms with Gasteiger partial charge in [-0.2, -0.15) is 9.65 Å². The lowest BCUT2D eigenvalue weighted by atomic mass is 9.96. The molecule has 4 aromatic rings. The van der Waals surface area contributed by atoms with Crippen LogP contribution in [0.3, 0.4) is 0 Å². The normalized spacial score (nSPS) is 15.1. The number of nitrogens with one attached hydrogen (secondary N) is 2. The highest BCUT2D eigenvalue weighted by Gasteiger charge is 2.51. The lowest BCUT2D eigenvalue weighted by Crippen LogP contribution is -2.20. The molecule has 0 spiro atoms. The highest BCUT2D eigenvalue weighted by Crippen LogP contribution is 2.52. The third kappa shape index (κ3) is 6.07. The maximum atomic E-state index is 13.9. The van der Waals surface area contributed by atoms with Crippen LogP contribution in [0.2, 0.25) is 5.02 Å². The number of anilines is 2. The molecule has 1 atom stereocenters. The molecule has 3 heterocycles. The highest BCUT2D eigenvalue weighted by atomic mass is 35.5. The predicted molar refractivity (Wildman–Crippen MR) is 152 cm³/mol. The van der Waals surface area contributed by atoms with Crippen molar-refractivity contribution in [2.24, 2.45) is 10.8 Å². The van der Waals surface area contributed by atoms with Gasteiger partial charge in [0.25, 0.3) is 0 Å². The largest absolute Gasteiger partial charge is 0.383 e. The van der Waals surface area contributed by atoms with Gasteiger partial charge in [0.15, 0.2) is 0 Å². The summed E-state index contributed by atoms with van der Waals surface area (Å²) in [4.78, 5) is 8.38. The molecule has 2 N–H and O–H groups in total. The SMILES string of the molecule is Cc1nc(F)ccc1[C@H](Nc1cc(Cl)c2ncc(C#N)c(NCC(C)(C)C)c2c1)c1cn(CC2(C(F)F)CC2)nn1. The van der Waals surface area contributed by atoms with Gasteiger partial charge in [-0.25, -0.2) is 13.8 Å². The van der Waals surface area contributed by atoms with Gasteiger partial charge in [0.1, 0.15) is 11.8 Å². The molecule has 0 unspecified atom stereocenters.